The maximum absolute atomic E-state index is 11.5. The number of nitrogens with one attached hydrogen (secondary N) is 1. The van der Waals surface area contributed by atoms with Crippen molar-refractivity contribution in [3.8, 4) is 12.3 Å². The van der Waals surface area contributed by atoms with E-state index in [9.17, 15) is 17.8 Å². The number of hydrogen-bond donors (Lipinski definition) is 1. The molecule has 0 saturated heterocycles. The summed E-state index contributed by atoms with van der Waals surface area (Å²) in [6.45, 7) is -0.127. The van der Waals surface area contributed by atoms with Gasteiger partial charge in [-0.2, -0.15) is 10.2 Å². The first kappa shape index (κ1) is 30.4. The molecule has 166 valence electrons. The molecule has 1 rings (SSSR count). The smallest absolute Gasteiger partial charge is 0.748 e. The molecule has 1 heterocycles. The SMILES string of the molecule is C#CCCCC1(CC/C=C\C/C=C\C/C=C\CCCC(=O)NCCS(=O)(=O)[O-])N=N1.[K+]. The fourth-order valence-electron chi connectivity index (χ4n) is 2.75. The number of amides is 1. The summed E-state index contributed by atoms with van der Waals surface area (Å²) in [4.78, 5) is 11.5. The maximum atomic E-state index is 11.5. The fourth-order valence-corrected chi connectivity index (χ4v) is 3.10. The van der Waals surface area contributed by atoms with Gasteiger partial charge in [-0.15, -0.1) is 12.3 Å². The average molecular weight is 474 g/mol. The standard InChI is InChI=1S/C22H33N3O4S.K/c1-2-3-14-17-22(24-25-22)18-15-12-10-8-6-4-5-7-9-11-13-16-21(26)23-19-20-30(27,28)29;/h1,4,6-7,9-10,12H,3,5,8,11,13-20H2,(H,23,26)(H,27,28,29);/q;+1/p-1/b6-4-,9-7-,12-10-;. The molecule has 1 aliphatic rings. The van der Waals surface area contributed by atoms with Crippen molar-refractivity contribution in [2.75, 3.05) is 12.3 Å². The predicted octanol–water partition coefficient (Wildman–Crippen LogP) is 1.02. The Hall–Kier alpha value is -0.604. The van der Waals surface area contributed by atoms with Crippen LogP contribution in [0.2, 0.25) is 0 Å². The molecule has 1 N–H and O–H groups in total. The molecule has 0 unspecified atom stereocenters. The summed E-state index contributed by atoms with van der Waals surface area (Å²) in [5.41, 5.74) is -0.153. The van der Waals surface area contributed by atoms with Crippen molar-refractivity contribution in [3.05, 3.63) is 36.5 Å². The molecular formula is C22H32KN3O4S. The Kier molecular flexibility index (Phi) is 17.5. The van der Waals surface area contributed by atoms with Crippen LogP contribution in [0.25, 0.3) is 0 Å². The van der Waals surface area contributed by atoms with Crippen LogP contribution >= 0.6 is 0 Å². The van der Waals surface area contributed by atoms with E-state index in [1.54, 1.807) is 0 Å². The third-order valence-corrected chi connectivity index (χ3v) is 5.19. The third kappa shape index (κ3) is 18.6. The van der Waals surface area contributed by atoms with Gasteiger partial charge >= 0.3 is 51.4 Å². The summed E-state index contributed by atoms with van der Waals surface area (Å²) in [7, 11) is -4.27. The Bertz CT molecular complexity index is 777. The van der Waals surface area contributed by atoms with Gasteiger partial charge in [-0.05, 0) is 51.4 Å². The van der Waals surface area contributed by atoms with Gasteiger partial charge in [0.15, 0.2) is 5.66 Å². The molecule has 1 amide bonds. The van der Waals surface area contributed by atoms with E-state index in [4.69, 9.17) is 6.42 Å². The number of hydrogen-bond acceptors (Lipinski definition) is 6. The van der Waals surface area contributed by atoms with Gasteiger partial charge in [0.2, 0.25) is 5.91 Å². The minimum absolute atomic E-state index is 0. The zero-order valence-corrected chi connectivity index (χ0v) is 22.4. The van der Waals surface area contributed by atoms with E-state index in [1.807, 2.05) is 6.08 Å². The first-order valence-electron chi connectivity index (χ1n) is 10.4. The maximum Gasteiger partial charge on any atom is 1.00 e. The Morgan fingerprint density at radius 3 is 2.19 bits per heavy atom. The minimum atomic E-state index is -4.27. The molecule has 0 aromatic carbocycles. The Balaban J connectivity index is 0.00000900. The van der Waals surface area contributed by atoms with E-state index in [0.717, 1.165) is 51.4 Å². The first-order chi connectivity index (χ1) is 14.4. The van der Waals surface area contributed by atoms with Crippen LogP contribution in [0.5, 0.6) is 0 Å². The molecule has 0 aliphatic carbocycles. The largest absolute Gasteiger partial charge is 1.00 e. The molecule has 0 saturated carbocycles. The average Bonchev–Trinajstić information content (AvgIpc) is 3.44. The van der Waals surface area contributed by atoms with E-state index in [-0.39, 0.29) is 69.5 Å². The van der Waals surface area contributed by atoms with Gasteiger partial charge in [-0.3, -0.25) is 4.79 Å². The number of nitrogens with zero attached hydrogens (tertiary/aromatic N) is 2. The van der Waals surface area contributed by atoms with Gasteiger partial charge in [0, 0.05) is 19.4 Å². The van der Waals surface area contributed by atoms with Crippen molar-refractivity contribution in [1.82, 2.24) is 5.32 Å². The molecule has 31 heavy (non-hydrogen) atoms. The fraction of sp³-hybridized carbons (Fsp3) is 0.591. The third-order valence-electron chi connectivity index (χ3n) is 4.49. The van der Waals surface area contributed by atoms with Crippen molar-refractivity contribution in [3.63, 3.8) is 0 Å². The normalized spacial score (nSPS) is 14.7. The number of terminal acetylenes is 1. The summed E-state index contributed by atoms with van der Waals surface area (Å²) < 4.78 is 31.3. The number of allylic oxidation sites excluding steroid dienone is 6. The zero-order chi connectivity index (χ0) is 22.1. The number of carbonyl (C=O) groups is 1. The molecule has 0 radical (unpaired) electrons. The minimum Gasteiger partial charge on any atom is -0.748 e. The molecule has 1 aliphatic heterocycles. The van der Waals surface area contributed by atoms with Crippen LogP contribution < -0.4 is 56.7 Å². The molecule has 0 bridgehead atoms. The molecule has 0 spiro atoms. The summed E-state index contributed by atoms with van der Waals surface area (Å²) in [5.74, 6) is 1.84. The van der Waals surface area contributed by atoms with Gasteiger partial charge in [0.05, 0.1) is 15.9 Å². The quantitative estimate of drug-likeness (QED) is 0.112. The van der Waals surface area contributed by atoms with E-state index in [0.29, 0.717) is 12.8 Å². The van der Waals surface area contributed by atoms with Gasteiger partial charge in [0.1, 0.15) is 0 Å². The van der Waals surface area contributed by atoms with E-state index in [2.05, 4.69) is 51.8 Å². The second-order valence-electron chi connectivity index (χ2n) is 7.17. The second-order valence-corrected chi connectivity index (χ2v) is 8.69. The van der Waals surface area contributed by atoms with Crippen molar-refractivity contribution in [1.29, 1.82) is 0 Å². The topological polar surface area (TPSA) is 111 Å². The van der Waals surface area contributed by atoms with Gasteiger partial charge in [-0.1, -0.05) is 36.5 Å². The van der Waals surface area contributed by atoms with Crippen LogP contribution in [0.15, 0.2) is 46.7 Å². The molecule has 0 aromatic rings. The second kappa shape index (κ2) is 17.9. The summed E-state index contributed by atoms with van der Waals surface area (Å²) >= 11 is 0. The first-order valence-corrected chi connectivity index (χ1v) is 12.0. The Morgan fingerprint density at radius 1 is 1.00 bits per heavy atom. The molecule has 0 aromatic heterocycles. The summed E-state index contributed by atoms with van der Waals surface area (Å²) in [6, 6.07) is 0. The van der Waals surface area contributed by atoms with Crippen LogP contribution in [-0.2, 0) is 14.9 Å². The van der Waals surface area contributed by atoms with Crippen molar-refractivity contribution < 1.29 is 69.1 Å². The van der Waals surface area contributed by atoms with E-state index in [1.165, 1.54) is 0 Å². The number of unbranched alkanes of at least 4 members (excludes halogenated alkanes) is 2. The Morgan fingerprint density at radius 2 is 1.61 bits per heavy atom. The monoisotopic (exact) mass is 473 g/mol. The molecule has 0 atom stereocenters. The van der Waals surface area contributed by atoms with Crippen molar-refractivity contribution in [2.45, 2.75) is 69.9 Å². The zero-order valence-electron chi connectivity index (χ0n) is 18.5. The Labute approximate surface area is 229 Å². The van der Waals surface area contributed by atoms with Crippen LogP contribution in [0.1, 0.15) is 64.2 Å². The van der Waals surface area contributed by atoms with Gasteiger partial charge in [-0.25, -0.2) is 8.42 Å². The molecular weight excluding hydrogens is 441 g/mol. The number of carbonyl (C=O) groups excluding carboxylic acids is 1. The van der Waals surface area contributed by atoms with Crippen LogP contribution in [0.3, 0.4) is 0 Å². The number of rotatable bonds is 17. The van der Waals surface area contributed by atoms with Crippen LogP contribution in [0, 0.1) is 12.3 Å². The van der Waals surface area contributed by atoms with Crippen molar-refractivity contribution in [2.24, 2.45) is 10.2 Å². The molecule has 9 heteroatoms. The van der Waals surface area contributed by atoms with Gasteiger partial charge < -0.3 is 9.87 Å². The van der Waals surface area contributed by atoms with Crippen LogP contribution in [-0.4, -0.2) is 36.8 Å². The van der Waals surface area contributed by atoms with Crippen molar-refractivity contribution >= 4 is 16.0 Å². The molecule has 7 nitrogen and oxygen atoms in total. The van der Waals surface area contributed by atoms with Crippen LogP contribution in [0.4, 0.5) is 0 Å². The van der Waals surface area contributed by atoms with E-state index >= 15 is 0 Å². The predicted molar refractivity (Wildman–Crippen MR) is 118 cm³/mol. The van der Waals surface area contributed by atoms with Gasteiger partial charge in [0.25, 0.3) is 0 Å². The van der Waals surface area contributed by atoms with E-state index < -0.39 is 15.9 Å². The molecule has 0 fully saturated rings. The summed E-state index contributed by atoms with van der Waals surface area (Å²) in [5, 5.41) is 10.8. The summed E-state index contributed by atoms with van der Waals surface area (Å²) in [6.07, 6.45) is 26.0.